The van der Waals surface area contributed by atoms with Gasteiger partial charge < -0.3 is 10.1 Å². The minimum atomic E-state index is -0.0629. The van der Waals surface area contributed by atoms with Crippen molar-refractivity contribution in [1.29, 1.82) is 0 Å². The summed E-state index contributed by atoms with van der Waals surface area (Å²) in [5.41, 5.74) is 2.94. The zero-order valence-corrected chi connectivity index (χ0v) is 16.5. The van der Waals surface area contributed by atoms with Crippen molar-refractivity contribution in [2.75, 3.05) is 45.2 Å². The Balaban J connectivity index is 1.48. The molecule has 1 fully saturated rings. The van der Waals surface area contributed by atoms with E-state index < -0.39 is 0 Å². The summed E-state index contributed by atoms with van der Waals surface area (Å²) in [5.74, 6) is 0.538. The molecule has 1 aromatic carbocycles. The first-order valence-electron chi connectivity index (χ1n) is 9.04. The van der Waals surface area contributed by atoms with Crippen LogP contribution in [0, 0.1) is 6.92 Å². The Morgan fingerprint density at radius 3 is 2.67 bits per heavy atom. The molecule has 0 atom stereocenters. The van der Waals surface area contributed by atoms with Crippen LogP contribution in [-0.2, 0) is 11.3 Å². The van der Waals surface area contributed by atoms with E-state index in [2.05, 4.69) is 26.2 Å². The molecule has 27 heavy (non-hydrogen) atoms. The monoisotopic (exact) mass is 388 g/mol. The first kappa shape index (κ1) is 19.6. The highest BCUT2D eigenvalue weighted by molar-refractivity contribution is 6.31. The SMILES string of the molecule is COc1ccc(Cl)cc1NC(=O)CN1CCN(Cc2cccnc2C)CC1. The molecule has 2 aromatic rings. The second-order valence-electron chi connectivity index (χ2n) is 6.69. The molecule has 0 saturated carbocycles. The van der Waals surface area contributed by atoms with Crippen molar-refractivity contribution >= 4 is 23.2 Å². The molecule has 1 N–H and O–H groups in total. The third-order valence-corrected chi connectivity index (χ3v) is 5.01. The quantitative estimate of drug-likeness (QED) is 0.824. The second kappa shape index (κ2) is 9.17. The number of aryl methyl sites for hydroxylation is 1. The van der Waals surface area contributed by atoms with Crippen LogP contribution in [0.25, 0.3) is 0 Å². The molecule has 1 aliphatic heterocycles. The predicted octanol–water partition coefficient (Wildman–Crippen LogP) is 2.81. The van der Waals surface area contributed by atoms with E-state index in [0.29, 0.717) is 23.0 Å². The molecule has 144 valence electrons. The van der Waals surface area contributed by atoms with Crippen LogP contribution in [0.4, 0.5) is 5.69 Å². The molecule has 1 saturated heterocycles. The van der Waals surface area contributed by atoms with Gasteiger partial charge in [0.2, 0.25) is 5.91 Å². The number of hydrogen-bond acceptors (Lipinski definition) is 5. The smallest absolute Gasteiger partial charge is 0.238 e. The fourth-order valence-corrected chi connectivity index (χ4v) is 3.37. The van der Waals surface area contributed by atoms with Crippen LogP contribution in [0.3, 0.4) is 0 Å². The van der Waals surface area contributed by atoms with Crippen LogP contribution < -0.4 is 10.1 Å². The van der Waals surface area contributed by atoms with Crippen molar-refractivity contribution in [3.8, 4) is 5.75 Å². The highest BCUT2D eigenvalue weighted by atomic mass is 35.5. The number of halogens is 1. The van der Waals surface area contributed by atoms with Crippen LogP contribution >= 0.6 is 11.6 Å². The van der Waals surface area contributed by atoms with Crippen molar-refractivity contribution in [2.24, 2.45) is 0 Å². The maximum atomic E-state index is 12.4. The Labute approximate surface area is 165 Å². The van der Waals surface area contributed by atoms with Gasteiger partial charge in [-0.05, 0) is 36.8 Å². The Kier molecular flexibility index (Phi) is 6.66. The maximum Gasteiger partial charge on any atom is 0.238 e. The number of methoxy groups -OCH3 is 1. The Morgan fingerprint density at radius 1 is 1.22 bits per heavy atom. The van der Waals surface area contributed by atoms with Crippen molar-refractivity contribution < 1.29 is 9.53 Å². The number of amides is 1. The number of rotatable bonds is 6. The van der Waals surface area contributed by atoms with E-state index in [4.69, 9.17) is 16.3 Å². The molecule has 2 heterocycles. The van der Waals surface area contributed by atoms with Gasteiger partial charge in [-0.25, -0.2) is 0 Å². The number of anilines is 1. The van der Waals surface area contributed by atoms with Crippen LogP contribution in [0.5, 0.6) is 5.75 Å². The zero-order chi connectivity index (χ0) is 19.2. The fourth-order valence-electron chi connectivity index (χ4n) is 3.20. The molecule has 3 rings (SSSR count). The number of carbonyl (C=O) groups is 1. The number of hydrogen-bond donors (Lipinski definition) is 1. The van der Waals surface area contributed by atoms with Gasteiger partial charge in [-0.1, -0.05) is 17.7 Å². The van der Waals surface area contributed by atoms with Gasteiger partial charge >= 0.3 is 0 Å². The maximum absolute atomic E-state index is 12.4. The van der Waals surface area contributed by atoms with Crippen LogP contribution in [0.15, 0.2) is 36.5 Å². The molecule has 0 radical (unpaired) electrons. The predicted molar refractivity (Wildman–Crippen MR) is 107 cm³/mol. The number of nitrogens with zero attached hydrogens (tertiary/aromatic N) is 3. The molecule has 1 aliphatic rings. The fraction of sp³-hybridized carbons (Fsp3) is 0.400. The van der Waals surface area contributed by atoms with Gasteiger partial charge in [0.25, 0.3) is 0 Å². The number of carbonyl (C=O) groups excluding carboxylic acids is 1. The summed E-state index contributed by atoms with van der Waals surface area (Å²) in [6.45, 7) is 6.89. The van der Waals surface area contributed by atoms with E-state index in [-0.39, 0.29) is 5.91 Å². The Hall–Kier alpha value is -2.15. The van der Waals surface area contributed by atoms with E-state index in [0.717, 1.165) is 38.4 Å². The number of piperazine rings is 1. The minimum Gasteiger partial charge on any atom is -0.495 e. The molecule has 1 aromatic heterocycles. The lowest BCUT2D eigenvalue weighted by atomic mass is 10.2. The third-order valence-electron chi connectivity index (χ3n) is 4.78. The van der Waals surface area contributed by atoms with E-state index in [9.17, 15) is 4.79 Å². The molecule has 0 bridgehead atoms. The van der Waals surface area contributed by atoms with Gasteiger partial charge in [-0.2, -0.15) is 0 Å². The lowest BCUT2D eigenvalue weighted by molar-refractivity contribution is -0.117. The number of pyridine rings is 1. The van der Waals surface area contributed by atoms with E-state index in [1.54, 1.807) is 25.3 Å². The largest absolute Gasteiger partial charge is 0.495 e. The highest BCUT2D eigenvalue weighted by Gasteiger charge is 2.20. The van der Waals surface area contributed by atoms with Gasteiger partial charge in [-0.3, -0.25) is 19.6 Å². The summed E-state index contributed by atoms with van der Waals surface area (Å²) in [6, 6.07) is 9.29. The summed E-state index contributed by atoms with van der Waals surface area (Å²) in [6.07, 6.45) is 1.82. The lowest BCUT2D eigenvalue weighted by Crippen LogP contribution is -2.48. The van der Waals surface area contributed by atoms with Crippen LogP contribution in [0.1, 0.15) is 11.3 Å². The Morgan fingerprint density at radius 2 is 1.96 bits per heavy atom. The van der Waals surface area contributed by atoms with Crippen molar-refractivity contribution in [3.63, 3.8) is 0 Å². The molecular formula is C20H25ClN4O2. The first-order valence-corrected chi connectivity index (χ1v) is 9.41. The third kappa shape index (κ3) is 5.42. The molecule has 0 unspecified atom stereocenters. The first-order chi connectivity index (χ1) is 13.0. The molecular weight excluding hydrogens is 364 g/mol. The number of benzene rings is 1. The van der Waals surface area contributed by atoms with Gasteiger partial charge in [-0.15, -0.1) is 0 Å². The summed E-state index contributed by atoms with van der Waals surface area (Å²) in [7, 11) is 1.57. The van der Waals surface area contributed by atoms with Gasteiger partial charge in [0.1, 0.15) is 5.75 Å². The van der Waals surface area contributed by atoms with Gasteiger partial charge in [0.15, 0.2) is 0 Å². The summed E-state index contributed by atoms with van der Waals surface area (Å²) < 4.78 is 5.27. The highest BCUT2D eigenvalue weighted by Crippen LogP contribution is 2.27. The number of ether oxygens (including phenoxy) is 1. The summed E-state index contributed by atoms with van der Waals surface area (Å²) in [5, 5.41) is 3.46. The number of nitrogens with one attached hydrogen (secondary N) is 1. The van der Waals surface area contributed by atoms with Gasteiger partial charge in [0.05, 0.1) is 19.3 Å². The standard InChI is InChI=1S/C20H25ClN4O2/c1-15-16(4-3-7-22-15)13-24-8-10-25(11-9-24)14-20(26)23-18-12-17(21)5-6-19(18)27-2/h3-7,12H,8-11,13-14H2,1-2H3,(H,23,26). The summed E-state index contributed by atoms with van der Waals surface area (Å²) in [4.78, 5) is 21.3. The molecule has 1 amide bonds. The molecule has 6 nitrogen and oxygen atoms in total. The van der Waals surface area contributed by atoms with Crippen LogP contribution in [0.2, 0.25) is 5.02 Å². The van der Waals surface area contributed by atoms with E-state index >= 15 is 0 Å². The van der Waals surface area contributed by atoms with E-state index in [1.807, 2.05) is 19.2 Å². The second-order valence-corrected chi connectivity index (χ2v) is 7.13. The molecule has 7 heteroatoms. The lowest BCUT2D eigenvalue weighted by Gasteiger charge is -2.34. The van der Waals surface area contributed by atoms with E-state index in [1.165, 1.54) is 5.56 Å². The van der Waals surface area contributed by atoms with Crippen molar-refractivity contribution in [1.82, 2.24) is 14.8 Å². The number of aromatic nitrogens is 1. The molecule has 0 spiro atoms. The Bertz CT molecular complexity index is 791. The van der Waals surface area contributed by atoms with Crippen molar-refractivity contribution in [2.45, 2.75) is 13.5 Å². The van der Waals surface area contributed by atoms with Crippen LogP contribution in [-0.4, -0.2) is 60.5 Å². The average Bonchev–Trinajstić information content (AvgIpc) is 2.65. The van der Waals surface area contributed by atoms with Crippen molar-refractivity contribution in [3.05, 3.63) is 52.8 Å². The minimum absolute atomic E-state index is 0.0629. The molecule has 0 aliphatic carbocycles. The topological polar surface area (TPSA) is 57.7 Å². The average molecular weight is 389 g/mol. The van der Waals surface area contributed by atoms with Gasteiger partial charge in [0, 0.05) is 49.6 Å². The summed E-state index contributed by atoms with van der Waals surface area (Å²) >= 11 is 6.02. The normalized spacial score (nSPS) is 15.5. The zero-order valence-electron chi connectivity index (χ0n) is 15.7.